The predicted molar refractivity (Wildman–Crippen MR) is 73.3 cm³/mol. The number of alkyl halides is 3. The number of aromatic nitrogens is 2. The van der Waals surface area contributed by atoms with E-state index in [2.05, 4.69) is 9.28 Å². The second-order valence-corrected chi connectivity index (χ2v) is 7.45. The zero-order valence-electron chi connectivity index (χ0n) is 13.0. The molecule has 0 aromatic carbocycles. The van der Waals surface area contributed by atoms with E-state index in [0.717, 1.165) is 0 Å². The molecule has 0 amide bonds. The van der Waals surface area contributed by atoms with E-state index in [1.807, 2.05) is 0 Å². The van der Waals surface area contributed by atoms with E-state index >= 15 is 0 Å². The zero-order valence-corrected chi connectivity index (χ0v) is 13.8. The minimum Gasteiger partial charge on any atom is -0.486 e. The molecule has 0 fully saturated rings. The molecule has 24 heavy (non-hydrogen) atoms. The third-order valence-corrected chi connectivity index (χ3v) is 3.69. The summed E-state index contributed by atoms with van der Waals surface area (Å²) in [5.41, 5.74) is -6.43. The van der Waals surface area contributed by atoms with Crippen molar-refractivity contribution in [1.29, 1.82) is 0 Å². The SMILES string of the molecule is CC(C)(C)OC(=O)n1nc(OS(=O)(=O)C(F)(F)F)c2c1CCCO2. The van der Waals surface area contributed by atoms with Crippen LogP contribution < -0.4 is 8.92 Å². The summed E-state index contributed by atoms with van der Waals surface area (Å²) < 4.78 is 74.5. The molecule has 136 valence electrons. The van der Waals surface area contributed by atoms with E-state index in [0.29, 0.717) is 11.1 Å². The van der Waals surface area contributed by atoms with E-state index < -0.39 is 33.2 Å². The van der Waals surface area contributed by atoms with Gasteiger partial charge in [-0.25, -0.2) is 4.79 Å². The van der Waals surface area contributed by atoms with Crippen LogP contribution in [0, 0.1) is 0 Å². The van der Waals surface area contributed by atoms with Crippen LogP contribution in [-0.2, 0) is 21.3 Å². The maximum Gasteiger partial charge on any atom is 0.534 e. The number of nitrogens with zero attached hydrogens (tertiary/aromatic N) is 2. The molecule has 1 aromatic rings. The number of fused-ring (bicyclic) bond motifs is 1. The van der Waals surface area contributed by atoms with Crippen molar-refractivity contribution in [2.45, 2.75) is 44.7 Å². The fraction of sp³-hybridized carbons (Fsp3) is 0.667. The van der Waals surface area contributed by atoms with Gasteiger partial charge >= 0.3 is 21.7 Å². The average Bonchev–Trinajstić information content (AvgIpc) is 2.74. The Morgan fingerprint density at radius 1 is 1.29 bits per heavy atom. The predicted octanol–water partition coefficient (Wildman–Crippen LogP) is 2.22. The lowest BCUT2D eigenvalue weighted by molar-refractivity contribution is -0.0502. The summed E-state index contributed by atoms with van der Waals surface area (Å²) in [5.74, 6) is -1.27. The van der Waals surface area contributed by atoms with Crippen molar-refractivity contribution < 1.29 is 40.0 Å². The Hall–Kier alpha value is -1.98. The molecule has 0 atom stereocenters. The molecule has 2 heterocycles. The first-order valence-electron chi connectivity index (χ1n) is 6.80. The summed E-state index contributed by atoms with van der Waals surface area (Å²) in [6.07, 6.45) is -0.284. The Bertz CT molecular complexity index is 748. The molecule has 0 bridgehead atoms. The second kappa shape index (κ2) is 5.83. The first-order valence-corrected chi connectivity index (χ1v) is 8.21. The smallest absolute Gasteiger partial charge is 0.486 e. The van der Waals surface area contributed by atoms with Gasteiger partial charge in [-0.15, -0.1) is 5.10 Å². The minimum absolute atomic E-state index is 0.0860. The Morgan fingerprint density at radius 3 is 2.46 bits per heavy atom. The average molecular weight is 372 g/mol. The molecular weight excluding hydrogens is 357 g/mol. The van der Waals surface area contributed by atoms with Crippen LogP contribution in [0.4, 0.5) is 18.0 Å². The number of carbonyl (C=O) groups excluding carboxylic acids is 1. The van der Waals surface area contributed by atoms with Crippen LogP contribution >= 0.6 is 0 Å². The van der Waals surface area contributed by atoms with Crippen molar-refractivity contribution in [1.82, 2.24) is 9.78 Å². The minimum atomic E-state index is -5.94. The van der Waals surface area contributed by atoms with E-state index in [4.69, 9.17) is 9.47 Å². The Kier molecular flexibility index (Phi) is 4.46. The van der Waals surface area contributed by atoms with Gasteiger partial charge in [0.2, 0.25) is 5.75 Å². The molecule has 0 unspecified atom stereocenters. The highest BCUT2D eigenvalue weighted by atomic mass is 32.2. The van der Waals surface area contributed by atoms with Gasteiger partial charge in [0.1, 0.15) is 5.60 Å². The third kappa shape index (κ3) is 3.74. The third-order valence-electron chi connectivity index (χ3n) is 2.75. The van der Waals surface area contributed by atoms with Crippen LogP contribution in [0.25, 0.3) is 0 Å². The number of rotatable bonds is 2. The van der Waals surface area contributed by atoms with Gasteiger partial charge in [0.15, 0.2) is 0 Å². The van der Waals surface area contributed by atoms with Gasteiger partial charge in [0.25, 0.3) is 5.88 Å². The number of hydrogen-bond donors (Lipinski definition) is 0. The molecule has 1 aliphatic rings. The van der Waals surface area contributed by atoms with Crippen molar-refractivity contribution in [3.05, 3.63) is 5.69 Å². The normalized spacial score (nSPS) is 15.4. The van der Waals surface area contributed by atoms with Crippen molar-refractivity contribution in [3.63, 3.8) is 0 Å². The van der Waals surface area contributed by atoms with E-state index in [-0.39, 0.29) is 24.5 Å². The number of halogens is 3. The van der Waals surface area contributed by atoms with Crippen LogP contribution in [0.15, 0.2) is 0 Å². The molecular formula is C12H15F3N2O6S. The summed E-state index contributed by atoms with van der Waals surface area (Å²) in [6, 6.07) is 0. The molecule has 0 N–H and O–H groups in total. The maximum atomic E-state index is 12.5. The van der Waals surface area contributed by atoms with Crippen molar-refractivity contribution in [3.8, 4) is 11.6 Å². The molecule has 0 saturated heterocycles. The van der Waals surface area contributed by atoms with Gasteiger partial charge < -0.3 is 13.7 Å². The quantitative estimate of drug-likeness (QED) is 0.580. The molecule has 1 aromatic heterocycles. The van der Waals surface area contributed by atoms with E-state index in [9.17, 15) is 26.4 Å². The summed E-state index contributed by atoms with van der Waals surface area (Å²) >= 11 is 0. The van der Waals surface area contributed by atoms with Gasteiger partial charge in [-0.3, -0.25) is 0 Å². The molecule has 0 radical (unpaired) electrons. The molecule has 12 heteroatoms. The lowest BCUT2D eigenvalue weighted by Crippen LogP contribution is -2.29. The van der Waals surface area contributed by atoms with E-state index in [1.165, 1.54) is 0 Å². The summed E-state index contributed by atoms with van der Waals surface area (Å²) in [7, 11) is -5.94. The number of carbonyl (C=O) groups is 1. The lowest BCUT2D eigenvalue weighted by atomic mass is 10.2. The van der Waals surface area contributed by atoms with Gasteiger partial charge in [0, 0.05) is 0 Å². The van der Waals surface area contributed by atoms with Gasteiger partial charge in [-0.05, 0) is 33.6 Å². The van der Waals surface area contributed by atoms with Crippen LogP contribution in [0.1, 0.15) is 32.9 Å². The lowest BCUT2D eigenvalue weighted by Gasteiger charge is -2.20. The number of ether oxygens (including phenoxy) is 2. The van der Waals surface area contributed by atoms with Crippen molar-refractivity contribution in [2.75, 3.05) is 6.61 Å². The highest BCUT2D eigenvalue weighted by molar-refractivity contribution is 7.88. The summed E-state index contributed by atoms with van der Waals surface area (Å²) in [5, 5.41) is 3.49. The molecule has 1 aliphatic heterocycles. The first-order chi connectivity index (χ1) is 10.8. The molecule has 0 saturated carbocycles. The van der Waals surface area contributed by atoms with Crippen molar-refractivity contribution >= 4 is 16.2 Å². The second-order valence-electron chi connectivity index (χ2n) is 5.91. The topological polar surface area (TPSA) is 96.7 Å². The summed E-state index contributed by atoms with van der Waals surface area (Å²) in [6.45, 7) is 4.88. The largest absolute Gasteiger partial charge is 0.534 e. The number of hydrogen-bond acceptors (Lipinski definition) is 7. The Labute approximate surface area is 135 Å². The summed E-state index contributed by atoms with van der Waals surface area (Å²) in [4.78, 5) is 12.1. The Morgan fingerprint density at radius 2 is 1.92 bits per heavy atom. The highest BCUT2D eigenvalue weighted by Crippen LogP contribution is 2.37. The molecule has 0 spiro atoms. The van der Waals surface area contributed by atoms with E-state index in [1.54, 1.807) is 20.8 Å². The molecule has 8 nitrogen and oxygen atoms in total. The van der Waals surface area contributed by atoms with Gasteiger partial charge in [0.05, 0.1) is 12.3 Å². The highest BCUT2D eigenvalue weighted by Gasteiger charge is 2.50. The van der Waals surface area contributed by atoms with Gasteiger partial charge in [-0.1, -0.05) is 0 Å². The van der Waals surface area contributed by atoms with Gasteiger partial charge in [-0.2, -0.15) is 26.3 Å². The standard InChI is InChI=1S/C12H15F3N2O6S/c1-11(2,3)22-10(18)17-7-5-4-6-21-8(7)9(16-17)23-24(19,20)12(13,14)15/h4-6H2,1-3H3. The maximum absolute atomic E-state index is 12.5. The molecule has 0 aliphatic carbocycles. The fourth-order valence-corrected chi connectivity index (χ4v) is 2.27. The Balaban J connectivity index is 2.43. The fourth-order valence-electron chi connectivity index (χ4n) is 1.86. The van der Waals surface area contributed by atoms with Crippen LogP contribution in [-0.4, -0.2) is 42.0 Å². The van der Waals surface area contributed by atoms with Crippen LogP contribution in [0.3, 0.4) is 0 Å². The van der Waals surface area contributed by atoms with Crippen LogP contribution in [0.2, 0.25) is 0 Å². The van der Waals surface area contributed by atoms with Crippen molar-refractivity contribution in [2.24, 2.45) is 0 Å². The zero-order chi connectivity index (χ0) is 18.3. The molecule has 2 rings (SSSR count). The first kappa shape index (κ1) is 18.4. The monoisotopic (exact) mass is 372 g/mol. The van der Waals surface area contributed by atoms with Crippen LogP contribution in [0.5, 0.6) is 11.6 Å².